The Labute approximate surface area is 145 Å². The Morgan fingerprint density at radius 2 is 1.56 bits per heavy atom. The first-order valence-corrected chi connectivity index (χ1v) is 7.98. The van der Waals surface area contributed by atoms with E-state index in [0.29, 0.717) is 6.42 Å². The zero-order valence-electron chi connectivity index (χ0n) is 14.2. The van der Waals surface area contributed by atoms with Gasteiger partial charge in [-0.15, -0.1) is 0 Å². The third kappa shape index (κ3) is 5.31. The molecule has 0 aliphatic carbocycles. The summed E-state index contributed by atoms with van der Waals surface area (Å²) >= 11 is 0. The van der Waals surface area contributed by atoms with Gasteiger partial charge in [-0.3, -0.25) is 0 Å². The molecule has 0 radical (unpaired) electrons. The molecule has 0 unspecified atom stereocenters. The van der Waals surface area contributed by atoms with Gasteiger partial charge >= 0.3 is 6.18 Å². The smallest absolute Gasteiger partial charge is 0.207 e. The minimum absolute atomic E-state index is 0.196. The number of halogens is 4. The molecule has 0 N–H and O–H groups in total. The summed E-state index contributed by atoms with van der Waals surface area (Å²) in [4.78, 5) is 0. The number of alkyl halides is 3. The van der Waals surface area contributed by atoms with Gasteiger partial charge < -0.3 is 0 Å². The molecule has 2 rings (SSSR count). The van der Waals surface area contributed by atoms with Crippen LogP contribution in [0.4, 0.5) is 17.6 Å². The van der Waals surface area contributed by atoms with E-state index in [1.165, 1.54) is 24.3 Å². The minimum atomic E-state index is -4.34. The summed E-state index contributed by atoms with van der Waals surface area (Å²) in [6, 6.07) is 11.2. The fraction of sp³-hybridized carbons (Fsp3) is 0.238. The second-order valence-corrected chi connectivity index (χ2v) is 6.27. The van der Waals surface area contributed by atoms with Gasteiger partial charge in [0.1, 0.15) is 5.82 Å². The monoisotopic (exact) mass is 348 g/mol. The summed E-state index contributed by atoms with van der Waals surface area (Å²) in [7, 11) is 0. The molecule has 0 bridgehead atoms. The number of hydrogen-bond acceptors (Lipinski definition) is 0. The van der Waals surface area contributed by atoms with Gasteiger partial charge in [-0.1, -0.05) is 50.8 Å². The molecule has 0 atom stereocenters. The first kappa shape index (κ1) is 19.0. The molecule has 25 heavy (non-hydrogen) atoms. The average molecular weight is 348 g/mol. The van der Waals surface area contributed by atoms with Gasteiger partial charge in [0, 0.05) is 0 Å². The lowest BCUT2D eigenvalue weighted by molar-refractivity contribution is -0.137. The highest BCUT2D eigenvalue weighted by atomic mass is 19.4. The van der Waals surface area contributed by atoms with E-state index < -0.39 is 11.7 Å². The second kappa shape index (κ2) is 7.68. The summed E-state index contributed by atoms with van der Waals surface area (Å²) in [6.45, 7) is 8.11. The maximum Gasteiger partial charge on any atom is 0.416 e. The van der Waals surface area contributed by atoms with Crippen LogP contribution in [0.1, 0.15) is 30.5 Å². The molecule has 0 heterocycles. The van der Waals surface area contributed by atoms with E-state index >= 15 is 0 Å². The van der Waals surface area contributed by atoms with E-state index in [1.54, 1.807) is 12.1 Å². The molecule has 0 aliphatic rings. The molecule has 0 aromatic heterocycles. The van der Waals surface area contributed by atoms with Gasteiger partial charge in [-0.05, 0) is 58.9 Å². The molecule has 2 aromatic rings. The van der Waals surface area contributed by atoms with E-state index in [1.807, 2.05) is 19.9 Å². The van der Waals surface area contributed by atoms with Crippen LogP contribution >= 0.6 is 0 Å². The van der Waals surface area contributed by atoms with Crippen molar-refractivity contribution in [1.29, 1.82) is 0 Å². The molecule has 0 amide bonds. The van der Waals surface area contributed by atoms with Crippen LogP contribution < -0.4 is 0 Å². The summed E-state index contributed by atoms with van der Waals surface area (Å²) in [5.41, 5.74) is 2.75. The fourth-order valence-electron chi connectivity index (χ4n) is 2.42. The highest BCUT2D eigenvalue weighted by molar-refractivity contribution is 5.59. The van der Waals surface area contributed by atoms with E-state index in [9.17, 15) is 17.6 Å². The van der Waals surface area contributed by atoms with Crippen molar-refractivity contribution < 1.29 is 17.6 Å². The van der Waals surface area contributed by atoms with Gasteiger partial charge in [0.15, 0.2) is 0 Å². The van der Waals surface area contributed by atoms with Crippen molar-refractivity contribution in [3.05, 3.63) is 88.8 Å². The fourth-order valence-corrected chi connectivity index (χ4v) is 2.42. The van der Waals surface area contributed by atoms with Crippen molar-refractivity contribution in [3.8, 4) is 0 Å². The quantitative estimate of drug-likeness (QED) is 0.417. The summed E-state index contributed by atoms with van der Waals surface area (Å²) in [5, 5.41) is 0. The molecular formula is C21H20F4. The molecule has 0 spiro atoms. The lowest BCUT2D eigenvalue weighted by atomic mass is 9.90. The Hall–Kier alpha value is -2.36. The maximum absolute atomic E-state index is 13.1. The van der Waals surface area contributed by atoms with Gasteiger partial charge in [0.25, 0.3) is 0 Å². The zero-order chi connectivity index (χ0) is 18.6. The van der Waals surface area contributed by atoms with Gasteiger partial charge in [-0.25, -0.2) is 4.39 Å². The van der Waals surface area contributed by atoms with Crippen molar-refractivity contribution in [3.63, 3.8) is 0 Å². The lowest BCUT2D eigenvalue weighted by Gasteiger charge is -2.15. The van der Waals surface area contributed by atoms with Crippen molar-refractivity contribution >= 4 is 6.08 Å². The third-order valence-electron chi connectivity index (χ3n) is 4.00. The number of benzene rings is 2. The van der Waals surface area contributed by atoms with Gasteiger partial charge in [0.05, 0.1) is 5.56 Å². The molecule has 0 aliphatic heterocycles. The van der Waals surface area contributed by atoms with Crippen molar-refractivity contribution in [2.75, 3.05) is 0 Å². The van der Waals surface area contributed by atoms with E-state index in [2.05, 4.69) is 6.58 Å². The van der Waals surface area contributed by atoms with Crippen LogP contribution in [0, 0.1) is 11.7 Å². The number of hydrogen-bond donors (Lipinski definition) is 0. The van der Waals surface area contributed by atoms with Crippen LogP contribution in [0.25, 0.3) is 6.08 Å². The highest BCUT2D eigenvalue weighted by Gasteiger charge is 2.29. The van der Waals surface area contributed by atoms with Crippen LogP contribution in [0.5, 0.6) is 0 Å². The zero-order valence-corrected chi connectivity index (χ0v) is 14.2. The molecule has 0 saturated heterocycles. The van der Waals surface area contributed by atoms with Crippen LogP contribution in [-0.2, 0) is 12.6 Å². The van der Waals surface area contributed by atoms with Crippen LogP contribution in [0.2, 0.25) is 0 Å². The maximum atomic E-state index is 13.1. The molecule has 4 heteroatoms. The number of rotatable bonds is 5. The SMILES string of the molecule is C=C(C(=Cc1ccc(F)cc1)Cc1ccc(C(F)(F)F)cc1)C(C)C. The molecular weight excluding hydrogens is 328 g/mol. The molecule has 132 valence electrons. The third-order valence-corrected chi connectivity index (χ3v) is 4.00. The normalized spacial score (nSPS) is 12.5. The predicted octanol–water partition coefficient (Wildman–Crippen LogP) is 6.68. The summed E-state index contributed by atoms with van der Waals surface area (Å²) in [5.74, 6) is -0.120. The summed E-state index contributed by atoms with van der Waals surface area (Å²) < 4.78 is 51.1. The Morgan fingerprint density at radius 3 is 2.04 bits per heavy atom. The standard InChI is InChI=1S/C21H20F4/c1-14(2)15(3)18(13-17-6-10-20(22)11-7-17)12-16-4-8-19(9-5-16)21(23,24)25/h4-11,13-14H,3,12H2,1-2H3. The molecule has 0 nitrogen and oxygen atoms in total. The van der Waals surface area contributed by atoms with E-state index in [-0.39, 0.29) is 11.7 Å². The largest absolute Gasteiger partial charge is 0.416 e. The van der Waals surface area contributed by atoms with E-state index in [0.717, 1.165) is 34.4 Å². The lowest BCUT2D eigenvalue weighted by Crippen LogP contribution is -2.05. The van der Waals surface area contributed by atoms with E-state index in [4.69, 9.17) is 0 Å². The predicted molar refractivity (Wildman–Crippen MR) is 93.5 cm³/mol. The Balaban J connectivity index is 2.30. The Kier molecular flexibility index (Phi) is 5.83. The highest BCUT2D eigenvalue weighted by Crippen LogP contribution is 2.30. The number of allylic oxidation sites excluding steroid dienone is 2. The van der Waals surface area contributed by atoms with Crippen molar-refractivity contribution in [2.24, 2.45) is 5.92 Å². The molecule has 0 fully saturated rings. The molecule has 0 saturated carbocycles. The second-order valence-electron chi connectivity index (χ2n) is 6.27. The Morgan fingerprint density at radius 1 is 1.00 bits per heavy atom. The first-order chi connectivity index (χ1) is 11.7. The van der Waals surface area contributed by atoms with Gasteiger partial charge in [0.2, 0.25) is 0 Å². The van der Waals surface area contributed by atoms with Gasteiger partial charge in [-0.2, -0.15) is 13.2 Å². The molecule has 2 aromatic carbocycles. The van der Waals surface area contributed by atoms with Crippen LogP contribution in [-0.4, -0.2) is 0 Å². The van der Waals surface area contributed by atoms with Crippen LogP contribution in [0.15, 0.2) is 66.3 Å². The first-order valence-electron chi connectivity index (χ1n) is 7.98. The van der Waals surface area contributed by atoms with Crippen molar-refractivity contribution in [1.82, 2.24) is 0 Å². The topological polar surface area (TPSA) is 0 Å². The minimum Gasteiger partial charge on any atom is -0.207 e. The Bertz CT molecular complexity index is 748. The van der Waals surface area contributed by atoms with Crippen LogP contribution in [0.3, 0.4) is 0 Å². The summed E-state index contributed by atoms with van der Waals surface area (Å²) in [6.07, 6.45) is -1.97. The average Bonchev–Trinajstić information content (AvgIpc) is 2.55. The van der Waals surface area contributed by atoms with Crippen molar-refractivity contribution in [2.45, 2.75) is 26.4 Å².